The molecule has 1 aliphatic carbocycles. The molecule has 0 spiro atoms. The van der Waals surface area contributed by atoms with Crippen molar-refractivity contribution >= 4 is 23.3 Å². The lowest BCUT2D eigenvalue weighted by atomic mass is 9.79. The van der Waals surface area contributed by atoms with Crippen LogP contribution < -0.4 is 15.4 Å². The molecule has 1 aliphatic rings. The summed E-state index contributed by atoms with van der Waals surface area (Å²) < 4.78 is 18.4. The van der Waals surface area contributed by atoms with Crippen LogP contribution in [0.3, 0.4) is 0 Å². The highest BCUT2D eigenvalue weighted by atomic mass is 32.1. The number of aryl methyl sites for hydroxylation is 1. The number of rotatable bonds is 5. The van der Waals surface area contributed by atoms with E-state index in [2.05, 4.69) is 20.6 Å². The van der Waals surface area contributed by atoms with Gasteiger partial charge >= 0.3 is 0 Å². The summed E-state index contributed by atoms with van der Waals surface area (Å²) in [5.41, 5.74) is 1.92. The van der Waals surface area contributed by atoms with Crippen molar-refractivity contribution in [2.75, 3.05) is 19.0 Å². The fraction of sp³-hybridized carbons (Fsp3) is 0.421. The van der Waals surface area contributed by atoms with Crippen LogP contribution in [0.5, 0.6) is 5.88 Å². The Labute approximate surface area is 158 Å². The molecule has 7 heteroatoms. The van der Waals surface area contributed by atoms with Crippen LogP contribution in [-0.4, -0.2) is 28.7 Å². The molecule has 0 atom stereocenters. The van der Waals surface area contributed by atoms with Gasteiger partial charge in [-0.15, -0.1) is 0 Å². The van der Waals surface area contributed by atoms with Crippen LogP contribution >= 0.6 is 12.2 Å². The highest BCUT2D eigenvalue weighted by Gasteiger charge is 2.35. The standard InChI is InChI=1S/C19H23FN4OS/c1-13-11-16(25-2)23-17(22-13)24-18(26)21-12-19(9-3-4-10-19)14-5-7-15(20)8-6-14/h5-8,11H,3-4,9-10,12H2,1-2H3,(H2,21,22,23,24,26). The maximum absolute atomic E-state index is 13.3. The lowest BCUT2D eigenvalue weighted by molar-refractivity contribution is 0.397. The van der Waals surface area contributed by atoms with E-state index < -0.39 is 0 Å². The molecule has 0 unspecified atom stereocenters. The summed E-state index contributed by atoms with van der Waals surface area (Å²) in [6.07, 6.45) is 4.45. The van der Waals surface area contributed by atoms with E-state index in [9.17, 15) is 4.39 Å². The first kappa shape index (κ1) is 18.5. The second-order valence-electron chi connectivity index (χ2n) is 6.68. The predicted molar refractivity (Wildman–Crippen MR) is 104 cm³/mol. The largest absolute Gasteiger partial charge is 0.481 e. The molecule has 138 valence electrons. The zero-order valence-electron chi connectivity index (χ0n) is 15.0. The number of halogens is 1. The molecule has 1 aromatic carbocycles. The average molecular weight is 374 g/mol. The average Bonchev–Trinajstić information content (AvgIpc) is 3.10. The van der Waals surface area contributed by atoms with Crippen LogP contribution in [0, 0.1) is 12.7 Å². The first-order valence-corrected chi connectivity index (χ1v) is 9.12. The van der Waals surface area contributed by atoms with Gasteiger partial charge in [0, 0.05) is 23.7 Å². The first-order chi connectivity index (χ1) is 12.5. The predicted octanol–water partition coefficient (Wildman–Crippen LogP) is 3.73. The van der Waals surface area contributed by atoms with E-state index >= 15 is 0 Å². The number of benzene rings is 1. The Kier molecular flexibility index (Phi) is 5.66. The van der Waals surface area contributed by atoms with Gasteiger partial charge in [-0.25, -0.2) is 9.37 Å². The van der Waals surface area contributed by atoms with Gasteiger partial charge in [-0.2, -0.15) is 4.98 Å². The Bertz CT molecular complexity index is 776. The van der Waals surface area contributed by atoms with Gasteiger partial charge in [0.05, 0.1) is 7.11 Å². The van der Waals surface area contributed by atoms with Crippen molar-refractivity contribution in [3.63, 3.8) is 0 Å². The summed E-state index contributed by atoms with van der Waals surface area (Å²) in [5.74, 6) is 0.681. The number of ether oxygens (including phenoxy) is 1. The van der Waals surface area contributed by atoms with Crippen molar-refractivity contribution in [1.82, 2.24) is 15.3 Å². The molecular weight excluding hydrogens is 351 g/mol. The molecule has 2 N–H and O–H groups in total. The summed E-state index contributed by atoms with van der Waals surface area (Å²) in [6, 6.07) is 8.57. The number of thiocarbonyl (C=S) groups is 1. The third kappa shape index (κ3) is 4.27. The van der Waals surface area contributed by atoms with Crippen molar-refractivity contribution in [2.24, 2.45) is 0 Å². The number of nitrogens with one attached hydrogen (secondary N) is 2. The molecule has 1 fully saturated rings. The van der Waals surface area contributed by atoms with Crippen molar-refractivity contribution in [1.29, 1.82) is 0 Å². The number of hydrogen-bond donors (Lipinski definition) is 2. The van der Waals surface area contributed by atoms with E-state index in [0.717, 1.165) is 36.9 Å². The van der Waals surface area contributed by atoms with E-state index in [1.165, 1.54) is 12.1 Å². The van der Waals surface area contributed by atoms with Gasteiger partial charge in [-0.3, -0.25) is 0 Å². The van der Waals surface area contributed by atoms with Gasteiger partial charge in [-0.05, 0) is 49.7 Å². The summed E-state index contributed by atoms with van der Waals surface area (Å²) in [5, 5.41) is 6.77. The Morgan fingerprint density at radius 1 is 1.23 bits per heavy atom. The quantitative estimate of drug-likeness (QED) is 0.778. The Morgan fingerprint density at radius 2 is 1.92 bits per heavy atom. The topological polar surface area (TPSA) is 59.1 Å². The Morgan fingerprint density at radius 3 is 2.58 bits per heavy atom. The van der Waals surface area contributed by atoms with Crippen molar-refractivity contribution < 1.29 is 9.13 Å². The molecule has 1 saturated carbocycles. The number of methoxy groups -OCH3 is 1. The van der Waals surface area contributed by atoms with Gasteiger partial charge in [0.25, 0.3) is 0 Å². The van der Waals surface area contributed by atoms with Gasteiger partial charge in [0.1, 0.15) is 5.82 Å². The SMILES string of the molecule is COc1cc(C)nc(NC(=S)NCC2(c3ccc(F)cc3)CCCC2)n1. The van der Waals surface area contributed by atoms with Crippen LogP contribution in [0.15, 0.2) is 30.3 Å². The molecule has 0 saturated heterocycles. The first-order valence-electron chi connectivity index (χ1n) is 8.71. The molecule has 1 aromatic heterocycles. The smallest absolute Gasteiger partial charge is 0.232 e. The molecular formula is C19H23FN4OS. The number of hydrogen-bond acceptors (Lipinski definition) is 4. The maximum Gasteiger partial charge on any atom is 0.232 e. The van der Waals surface area contributed by atoms with E-state index in [1.807, 2.05) is 19.1 Å². The van der Waals surface area contributed by atoms with Crippen LogP contribution in [0.2, 0.25) is 0 Å². The van der Waals surface area contributed by atoms with E-state index in [1.54, 1.807) is 13.2 Å². The fourth-order valence-corrected chi connectivity index (χ4v) is 3.68. The second-order valence-corrected chi connectivity index (χ2v) is 7.09. The Hall–Kier alpha value is -2.28. The van der Waals surface area contributed by atoms with E-state index in [-0.39, 0.29) is 11.2 Å². The lowest BCUT2D eigenvalue weighted by Gasteiger charge is -2.30. The normalized spacial score (nSPS) is 15.5. The van der Waals surface area contributed by atoms with Crippen LogP contribution in [-0.2, 0) is 5.41 Å². The van der Waals surface area contributed by atoms with Gasteiger partial charge in [0.15, 0.2) is 5.11 Å². The highest BCUT2D eigenvalue weighted by Crippen LogP contribution is 2.40. The van der Waals surface area contributed by atoms with E-state index in [0.29, 0.717) is 23.5 Å². The molecule has 0 amide bonds. The van der Waals surface area contributed by atoms with Gasteiger partial charge < -0.3 is 15.4 Å². The highest BCUT2D eigenvalue weighted by molar-refractivity contribution is 7.80. The van der Waals surface area contributed by atoms with Crippen molar-refractivity contribution in [2.45, 2.75) is 38.0 Å². The van der Waals surface area contributed by atoms with E-state index in [4.69, 9.17) is 17.0 Å². The summed E-state index contributed by atoms with van der Waals surface area (Å²) in [7, 11) is 1.56. The molecule has 3 rings (SSSR count). The second kappa shape index (κ2) is 7.95. The third-order valence-corrected chi connectivity index (χ3v) is 5.12. The molecule has 5 nitrogen and oxygen atoms in total. The maximum atomic E-state index is 13.3. The molecule has 0 radical (unpaired) electrons. The number of aromatic nitrogens is 2. The molecule has 26 heavy (non-hydrogen) atoms. The lowest BCUT2D eigenvalue weighted by Crippen LogP contribution is -2.41. The number of nitrogens with zero attached hydrogens (tertiary/aromatic N) is 2. The van der Waals surface area contributed by atoms with Crippen LogP contribution in [0.4, 0.5) is 10.3 Å². The van der Waals surface area contributed by atoms with Crippen LogP contribution in [0.25, 0.3) is 0 Å². The minimum absolute atomic E-state index is 0.0232. The van der Waals surface area contributed by atoms with Gasteiger partial charge in [0.2, 0.25) is 11.8 Å². The summed E-state index contributed by atoms with van der Waals surface area (Å²) >= 11 is 5.41. The fourth-order valence-electron chi connectivity index (χ4n) is 3.52. The Balaban J connectivity index is 1.67. The zero-order chi connectivity index (χ0) is 18.6. The third-order valence-electron chi connectivity index (χ3n) is 4.87. The number of anilines is 1. The van der Waals surface area contributed by atoms with Crippen molar-refractivity contribution in [3.8, 4) is 5.88 Å². The zero-order valence-corrected chi connectivity index (χ0v) is 15.8. The molecule has 0 bridgehead atoms. The molecule has 2 aromatic rings. The minimum Gasteiger partial charge on any atom is -0.481 e. The monoisotopic (exact) mass is 374 g/mol. The van der Waals surface area contributed by atoms with Crippen LogP contribution in [0.1, 0.15) is 36.9 Å². The molecule has 1 heterocycles. The summed E-state index contributed by atoms with van der Waals surface area (Å²) in [6.45, 7) is 2.56. The minimum atomic E-state index is -0.211. The molecule has 0 aliphatic heterocycles. The summed E-state index contributed by atoms with van der Waals surface area (Å²) in [4.78, 5) is 8.56. The van der Waals surface area contributed by atoms with Gasteiger partial charge in [-0.1, -0.05) is 25.0 Å². The van der Waals surface area contributed by atoms with Crippen molar-refractivity contribution in [3.05, 3.63) is 47.4 Å².